The first kappa shape index (κ1) is 19.8. The second kappa shape index (κ2) is 8.26. The van der Waals surface area contributed by atoms with Crippen LogP contribution in [0.3, 0.4) is 0 Å². The van der Waals surface area contributed by atoms with Gasteiger partial charge in [0, 0.05) is 5.41 Å². The predicted octanol–water partition coefficient (Wildman–Crippen LogP) is 4.75. The quantitative estimate of drug-likeness (QED) is 0.555. The van der Waals surface area contributed by atoms with E-state index >= 15 is 0 Å². The summed E-state index contributed by atoms with van der Waals surface area (Å²) in [5.41, 5.74) is 2.73. The Hall–Kier alpha value is -2.49. The normalized spacial score (nSPS) is 11.4. The molecule has 2 aromatic carbocycles. The molecule has 0 fully saturated rings. The van der Waals surface area contributed by atoms with Crippen LogP contribution in [0, 0.1) is 13.8 Å². The number of benzene rings is 2. The number of hydrogen-bond donors (Lipinski definition) is 2. The molecule has 0 aliphatic heterocycles. The fraction of sp³-hybridized carbons (Fsp3) is 0.409. The van der Waals surface area contributed by atoms with Gasteiger partial charge in [-0.25, -0.2) is 0 Å². The largest absolute Gasteiger partial charge is 0.508 e. The number of phenols is 2. The molecule has 0 saturated carbocycles. The molecule has 0 aliphatic rings. The maximum Gasteiger partial charge on any atom is 0.307 e. The molecule has 0 heterocycles. The van der Waals surface area contributed by atoms with Gasteiger partial charge in [0.25, 0.3) is 0 Å². The number of hydrogen-bond acceptors (Lipinski definition) is 4. The number of unbranched alkanes of at least 4 members (excludes halogenated alkanes) is 1. The monoisotopic (exact) mass is 356 g/mol. The predicted molar refractivity (Wildman–Crippen MR) is 103 cm³/mol. The second-order valence-corrected chi connectivity index (χ2v) is 7.09. The number of carbonyl (C=O) groups is 1. The maximum atomic E-state index is 12.5. The van der Waals surface area contributed by atoms with Gasteiger partial charge in [0.15, 0.2) is 0 Å². The van der Waals surface area contributed by atoms with E-state index in [2.05, 4.69) is 6.92 Å². The first-order valence-corrected chi connectivity index (χ1v) is 9.03. The summed E-state index contributed by atoms with van der Waals surface area (Å²) < 4.78 is 5.39. The molecule has 2 rings (SSSR count). The Morgan fingerprint density at radius 1 is 1.00 bits per heavy atom. The third-order valence-electron chi connectivity index (χ3n) is 4.93. The van der Waals surface area contributed by atoms with Crippen LogP contribution < -0.4 is 0 Å². The molecule has 0 amide bonds. The summed E-state index contributed by atoms with van der Waals surface area (Å²) in [6.07, 6.45) is 2.00. The average Bonchev–Trinajstić information content (AvgIpc) is 2.59. The Balaban J connectivity index is 2.44. The highest BCUT2D eigenvalue weighted by Crippen LogP contribution is 2.38. The van der Waals surface area contributed by atoms with Gasteiger partial charge < -0.3 is 14.9 Å². The lowest BCUT2D eigenvalue weighted by atomic mass is 9.73. The van der Waals surface area contributed by atoms with Crippen molar-refractivity contribution in [2.45, 2.75) is 52.4 Å². The van der Waals surface area contributed by atoms with E-state index in [9.17, 15) is 15.0 Å². The molecule has 4 nitrogen and oxygen atoms in total. The van der Waals surface area contributed by atoms with Crippen LogP contribution in [-0.4, -0.2) is 22.8 Å². The lowest BCUT2D eigenvalue weighted by Gasteiger charge is -2.31. The molecule has 140 valence electrons. The summed E-state index contributed by atoms with van der Waals surface area (Å²) in [4.78, 5) is 12.5. The molecule has 0 saturated heterocycles. The van der Waals surface area contributed by atoms with Gasteiger partial charge in [-0.1, -0.05) is 44.5 Å². The van der Waals surface area contributed by atoms with E-state index in [4.69, 9.17) is 4.74 Å². The van der Waals surface area contributed by atoms with Crippen molar-refractivity contribution in [2.24, 2.45) is 0 Å². The molecular weight excluding hydrogens is 328 g/mol. The fourth-order valence-corrected chi connectivity index (χ4v) is 3.04. The van der Waals surface area contributed by atoms with Crippen LogP contribution in [-0.2, 0) is 14.9 Å². The zero-order chi connectivity index (χ0) is 19.3. The molecule has 0 spiro atoms. The third-order valence-corrected chi connectivity index (χ3v) is 4.93. The van der Waals surface area contributed by atoms with Gasteiger partial charge >= 0.3 is 5.97 Å². The summed E-state index contributed by atoms with van der Waals surface area (Å²) in [6, 6.07) is 10.8. The van der Waals surface area contributed by atoms with Crippen LogP contribution in [0.15, 0.2) is 36.4 Å². The minimum Gasteiger partial charge on any atom is -0.508 e. The van der Waals surface area contributed by atoms with E-state index < -0.39 is 5.41 Å². The molecule has 2 N–H and O–H groups in total. The van der Waals surface area contributed by atoms with Gasteiger partial charge in [-0.2, -0.15) is 0 Å². The van der Waals surface area contributed by atoms with Crippen molar-refractivity contribution in [1.82, 2.24) is 0 Å². The Labute approximate surface area is 155 Å². The number of esters is 1. The van der Waals surface area contributed by atoms with Crippen molar-refractivity contribution in [2.75, 3.05) is 6.61 Å². The highest BCUT2D eigenvalue weighted by atomic mass is 16.5. The van der Waals surface area contributed by atoms with E-state index in [0.29, 0.717) is 6.61 Å². The lowest BCUT2D eigenvalue weighted by Crippen LogP contribution is -2.28. The summed E-state index contributed by atoms with van der Waals surface area (Å²) >= 11 is 0. The number of aromatic hydroxyl groups is 2. The highest BCUT2D eigenvalue weighted by molar-refractivity contribution is 5.73. The van der Waals surface area contributed by atoms with Crippen molar-refractivity contribution < 1.29 is 19.7 Å². The molecular formula is C22H28O4. The standard InChI is InChI=1S/C22H28O4/c1-5-6-11-26-21(25)14-22(4,17-7-9-19(23)15(2)12-17)18-8-10-20(24)16(3)13-18/h7-10,12-13,23-24H,5-6,11,14H2,1-4H3. The summed E-state index contributed by atoms with van der Waals surface area (Å²) in [5, 5.41) is 19.7. The Bertz CT molecular complexity index is 728. The number of aryl methyl sites for hydroxylation is 2. The first-order valence-electron chi connectivity index (χ1n) is 9.03. The molecule has 0 radical (unpaired) electrons. The molecule has 2 aromatic rings. The highest BCUT2D eigenvalue weighted by Gasteiger charge is 2.33. The van der Waals surface area contributed by atoms with Crippen molar-refractivity contribution in [3.05, 3.63) is 58.7 Å². The Morgan fingerprint density at radius 2 is 1.50 bits per heavy atom. The van der Waals surface area contributed by atoms with Gasteiger partial charge in [-0.05, 0) is 54.7 Å². The molecule has 26 heavy (non-hydrogen) atoms. The number of rotatable bonds is 7. The fourth-order valence-electron chi connectivity index (χ4n) is 3.04. The van der Waals surface area contributed by atoms with E-state index in [-0.39, 0.29) is 23.9 Å². The zero-order valence-electron chi connectivity index (χ0n) is 16.0. The lowest BCUT2D eigenvalue weighted by molar-refractivity contribution is -0.144. The molecule has 0 atom stereocenters. The SMILES string of the molecule is CCCCOC(=O)CC(C)(c1ccc(O)c(C)c1)c1ccc(O)c(C)c1. The van der Waals surface area contributed by atoms with E-state index in [1.54, 1.807) is 12.1 Å². The minimum absolute atomic E-state index is 0.186. The van der Waals surface area contributed by atoms with Crippen LogP contribution in [0.4, 0.5) is 0 Å². The first-order chi connectivity index (χ1) is 12.3. The summed E-state index contributed by atoms with van der Waals surface area (Å²) in [6.45, 7) is 8.14. The Morgan fingerprint density at radius 3 is 1.92 bits per heavy atom. The smallest absolute Gasteiger partial charge is 0.307 e. The topological polar surface area (TPSA) is 66.8 Å². The van der Waals surface area contributed by atoms with Crippen molar-refractivity contribution >= 4 is 5.97 Å². The van der Waals surface area contributed by atoms with Crippen LogP contribution in [0.1, 0.15) is 55.4 Å². The summed E-state index contributed by atoms with van der Waals surface area (Å²) in [5.74, 6) is 0.199. The van der Waals surface area contributed by atoms with E-state index in [1.807, 2.05) is 45.0 Å². The van der Waals surface area contributed by atoms with E-state index in [1.165, 1.54) is 0 Å². The Kier molecular flexibility index (Phi) is 6.30. The molecule has 4 heteroatoms. The van der Waals surface area contributed by atoms with Crippen molar-refractivity contribution in [3.63, 3.8) is 0 Å². The van der Waals surface area contributed by atoms with Crippen LogP contribution >= 0.6 is 0 Å². The van der Waals surface area contributed by atoms with Crippen LogP contribution in [0.2, 0.25) is 0 Å². The van der Waals surface area contributed by atoms with Gasteiger partial charge in [-0.3, -0.25) is 4.79 Å². The van der Waals surface area contributed by atoms with Gasteiger partial charge in [0.2, 0.25) is 0 Å². The van der Waals surface area contributed by atoms with Crippen molar-refractivity contribution in [1.29, 1.82) is 0 Å². The van der Waals surface area contributed by atoms with Crippen molar-refractivity contribution in [3.8, 4) is 11.5 Å². The van der Waals surface area contributed by atoms with Crippen LogP contribution in [0.25, 0.3) is 0 Å². The maximum absolute atomic E-state index is 12.5. The van der Waals surface area contributed by atoms with Gasteiger partial charge in [0.1, 0.15) is 11.5 Å². The molecule has 0 bridgehead atoms. The average molecular weight is 356 g/mol. The molecule has 0 aliphatic carbocycles. The zero-order valence-corrected chi connectivity index (χ0v) is 16.0. The van der Waals surface area contributed by atoms with E-state index in [0.717, 1.165) is 35.1 Å². The van der Waals surface area contributed by atoms with Gasteiger partial charge in [0.05, 0.1) is 13.0 Å². The number of ether oxygens (including phenoxy) is 1. The van der Waals surface area contributed by atoms with Gasteiger partial charge in [-0.15, -0.1) is 0 Å². The number of phenolic OH excluding ortho intramolecular Hbond substituents is 2. The summed E-state index contributed by atoms with van der Waals surface area (Å²) in [7, 11) is 0. The molecule has 0 unspecified atom stereocenters. The minimum atomic E-state index is -0.625. The van der Waals surface area contributed by atoms with Crippen LogP contribution in [0.5, 0.6) is 11.5 Å². The second-order valence-electron chi connectivity index (χ2n) is 7.09. The molecule has 0 aromatic heterocycles. The number of carbonyl (C=O) groups excluding carboxylic acids is 1. The third kappa shape index (κ3) is 4.37.